The van der Waals surface area contributed by atoms with Crippen molar-refractivity contribution in [1.29, 1.82) is 0 Å². The predicted molar refractivity (Wildman–Crippen MR) is 73.7 cm³/mol. The lowest BCUT2D eigenvalue weighted by molar-refractivity contribution is -0.143. The Bertz CT molecular complexity index is 459. The van der Waals surface area contributed by atoms with Crippen LogP contribution in [0.2, 0.25) is 0 Å². The van der Waals surface area contributed by atoms with Gasteiger partial charge >= 0.3 is 5.97 Å². The third-order valence-electron chi connectivity index (χ3n) is 4.11. The molecular formula is C15H22N2O2. The molecule has 0 aromatic carbocycles. The van der Waals surface area contributed by atoms with Crippen LogP contribution < -0.4 is 0 Å². The fourth-order valence-electron chi connectivity index (χ4n) is 2.87. The van der Waals surface area contributed by atoms with Gasteiger partial charge in [-0.15, -0.1) is 0 Å². The van der Waals surface area contributed by atoms with Gasteiger partial charge in [-0.3, -0.25) is 14.7 Å². The lowest BCUT2D eigenvalue weighted by Gasteiger charge is -2.19. The normalized spacial score (nSPS) is 24.0. The van der Waals surface area contributed by atoms with E-state index in [9.17, 15) is 9.90 Å². The second-order valence-corrected chi connectivity index (χ2v) is 5.81. The Balaban J connectivity index is 2.08. The molecule has 0 amide bonds. The number of carboxylic acids is 1. The summed E-state index contributed by atoms with van der Waals surface area (Å²) in [6.45, 7) is 8.50. The zero-order chi connectivity index (χ0) is 14.0. The Kier molecular flexibility index (Phi) is 4.20. The van der Waals surface area contributed by atoms with E-state index < -0.39 is 5.97 Å². The number of pyridine rings is 1. The third kappa shape index (κ3) is 3.13. The largest absolute Gasteiger partial charge is 0.481 e. The molecule has 1 aliphatic heterocycles. The number of hydrogen-bond donors (Lipinski definition) is 1. The van der Waals surface area contributed by atoms with Crippen molar-refractivity contribution >= 4 is 5.97 Å². The summed E-state index contributed by atoms with van der Waals surface area (Å²) in [5.41, 5.74) is 2.22. The van der Waals surface area contributed by atoms with E-state index >= 15 is 0 Å². The summed E-state index contributed by atoms with van der Waals surface area (Å²) in [6.07, 6.45) is 1.80. The number of aryl methyl sites for hydroxylation is 1. The van der Waals surface area contributed by atoms with Gasteiger partial charge in [0.15, 0.2) is 0 Å². The van der Waals surface area contributed by atoms with E-state index in [4.69, 9.17) is 0 Å². The van der Waals surface area contributed by atoms with Crippen molar-refractivity contribution in [2.45, 2.75) is 27.3 Å². The minimum absolute atomic E-state index is 0.238. The second kappa shape index (κ2) is 5.70. The number of hydrogen-bond acceptors (Lipinski definition) is 3. The van der Waals surface area contributed by atoms with E-state index in [2.05, 4.69) is 23.7 Å². The standard InChI is InChI=1S/C15H22N2O2/c1-10(2)12-7-17(8-13(12)15(18)19)9-14-11(3)5-4-6-16-14/h4-6,10,12-13H,7-9H2,1-3H3,(H,18,19)/t12-,13+/m1/s1. The van der Waals surface area contributed by atoms with E-state index in [1.54, 1.807) is 6.20 Å². The fourth-order valence-corrected chi connectivity index (χ4v) is 2.87. The molecule has 0 saturated carbocycles. The van der Waals surface area contributed by atoms with Gasteiger partial charge in [-0.05, 0) is 30.4 Å². The molecule has 0 unspecified atom stereocenters. The molecule has 4 nitrogen and oxygen atoms in total. The molecule has 0 aliphatic carbocycles. The van der Waals surface area contributed by atoms with Gasteiger partial charge in [-0.25, -0.2) is 0 Å². The van der Waals surface area contributed by atoms with Gasteiger partial charge in [-0.1, -0.05) is 19.9 Å². The van der Waals surface area contributed by atoms with Gasteiger partial charge in [0, 0.05) is 25.8 Å². The third-order valence-corrected chi connectivity index (χ3v) is 4.11. The molecule has 1 saturated heterocycles. The van der Waals surface area contributed by atoms with Crippen LogP contribution in [-0.2, 0) is 11.3 Å². The van der Waals surface area contributed by atoms with Gasteiger partial charge in [0.05, 0.1) is 11.6 Å². The zero-order valence-corrected chi connectivity index (χ0v) is 11.8. The number of carboxylic acid groups (broad SMARTS) is 1. The summed E-state index contributed by atoms with van der Waals surface area (Å²) < 4.78 is 0. The molecule has 4 heteroatoms. The summed E-state index contributed by atoms with van der Waals surface area (Å²) in [5, 5.41) is 9.33. The summed E-state index contributed by atoms with van der Waals surface area (Å²) in [7, 11) is 0. The van der Waals surface area contributed by atoms with Crippen molar-refractivity contribution in [1.82, 2.24) is 9.88 Å². The molecule has 0 bridgehead atoms. The van der Waals surface area contributed by atoms with E-state index in [-0.39, 0.29) is 11.8 Å². The van der Waals surface area contributed by atoms with Crippen LogP contribution in [-0.4, -0.2) is 34.0 Å². The molecular weight excluding hydrogens is 240 g/mol. The molecule has 2 rings (SSSR count). The summed E-state index contributed by atoms with van der Waals surface area (Å²) in [4.78, 5) is 18.0. The van der Waals surface area contributed by atoms with Crippen LogP contribution in [0.4, 0.5) is 0 Å². The summed E-state index contributed by atoms with van der Waals surface area (Å²) in [5.74, 6) is -0.277. The number of aromatic nitrogens is 1. The molecule has 1 aliphatic rings. The van der Waals surface area contributed by atoms with Gasteiger partial charge in [0.25, 0.3) is 0 Å². The maximum atomic E-state index is 11.3. The van der Waals surface area contributed by atoms with E-state index in [1.807, 2.05) is 19.1 Å². The van der Waals surface area contributed by atoms with E-state index in [1.165, 1.54) is 5.56 Å². The molecule has 1 aromatic rings. The highest BCUT2D eigenvalue weighted by Crippen LogP contribution is 2.30. The van der Waals surface area contributed by atoms with Crippen LogP contribution in [0.3, 0.4) is 0 Å². The number of likely N-dealkylation sites (tertiary alicyclic amines) is 1. The average molecular weight is 262 g/mol. The minimum atomic E-state index is -0.668. The van der Waals surface area contributed by atoms with Crippen LogP contribution in [0, 0.1) is 24.7 Å². The first kappa shape index (κ1) is 14.0. The fraction of sp³-hybridized carbons (Fsp3) is 0.600. The highest BCUT2D eigenvalue weighted by Gasteiger charge is 2.39. The Hall–Kier alpha value is -1.42. The first-order valence-corrected chi connectivity index (χ1v) is 6.84. The maximum Gasteiger partial charge on any atom is 0.308 e. The first-order valence-electron chi connectivity index (χ1n) is 6.84. The molecule has 0 spiro atoms. The van der Waals surface area contributed by atoms with Crippen molar-refractivity contribution in [2.24, 2.45) is 17.8 Å². The summed E-state index contributed by atoms with van der Waals surface area (Å²) in [6, 6.07) is 3.98. The Morgan fingerprint density at radius 3 is 2.79 bits per heavy atom. The SMILES string of the molecule is Cc1cccnc1CN1C[C@H](C(=O)O)[C@@H](C(C)C)C1. The van der Waals surface area contributed by atoms with E-state index in [0.717, 1.165) is 18.8 Å². The highest BCUT2D eigenvalue weighted by molar-refractivity contribution is 5.71. The van der Waals surface area contributed by atoms with Crippen molar-refractivity contribution < 1.29 is 9.90 Å². The van der Waals surface area contributed by atoms with Crippen LogP contribution >= 0.6 is 0 Å². The first-order chi connectivity index (χ1) is 8.99. The van der Waals surface area contributed by atoms with Crippen LogP contribution in [0.5, 0.6) is 0 Å². The molecule has 2 atom stereocenters. The number of nitrogens with zero attached hydrogens (tertiary/aromatic N) is 2. The topological polar surface area (TPSA) is 53.4 Å². The van der Waals surface area contributed by atoms with Gasteiger partial charge in [-0.2, -0.15) is 0 Å². The molecule has 0 radical (unpaired) electrons. The maximum absolute atomic E-state index is 11.3. The Labute approximate surface area is 114 Å². The number of aliphatic carboxylic acids is 1. The highest BCUT2D eigenvalue weighted by atomic mass is 16.4. The second-order valence-electron chi connectivity index (χ2n) is 5.81. The smallest absolute Gasteiger partial charge is 0.308 e. The van der Waals surface area contributed by atoms with Crippen LogP contribution in [0.1, 0.15) is 25.1 Å². The van der Waals surface area contributed by atoms with Crippen molar-refractivity contribution in [2.75, 3.05) is 13.1 Å². The molecule has 19 heavy (non-hydrogen) atoms. The molecule has 104 valence electrons. The van der Waals surface area contributed by atoms with Crippen molar-refractivity contribution in [3.63, 3.8) is 0 Å². The lowest BCUT2D eigenvalue weighted by Crippen LogP contribution is -2.25. The molecule has 1 aromatic heterocycles. The predicted octanol–water partition coefficient (Wildman–Crippen LogP) is 2.18. The van der Waals surface area contributed by atoms with Crippen LogP contribution in [0.25, 0.3) is 0 Å². The van der Waals surface area contributed by atoms with Gasteiger partial charge < -0.3 is 5.11 Å². The van der Waals surface area contributed by atoms with Gasteiger partial charge in [0.2, 0.25) is 0 Å². The Morgan fingerprint density at radius 1 is 1.53 bits per heavy atom. The quantitative estimate of drug-likeness (QED) is 0.903. The van der Waals surface area contributed by atoms with Crippen LogP contribution in [0.15, 0.2) is 18.3 Å². The monoisotopic (exact) mass is 262 g/mol. The molecule has 2 heterocycles. The summed E-state index contributed by atoms with van der Waals surface area (Å²) >= 11 is 0. The van der Waals surface area contributed by atoms with Crippen molar-refractivity contribution in [3.05, 3.63) is 29.6 Å². The molecule has 1 N–H and O–H groups in total. The number of carbonyl (C=O) groups is 1. The minimum Gasteiger partial charge on any atom is -0.481 e. The Morgan fingerprint density at radius 2 is 2.26 bits per heavy atom. The number of rotatable bonds is 4. The zero-order valence-electron chi connectivity index (χ0n) is 11.8. The average Bonchev–Trinajstić information content (AvgIpc) is 2.76. The lowest BCUT2D eigenvalue weighted by atomic mass is 9.86. The molecule has 1 fully saturated rings. The van der Waals surface area contributed by atoms with E-state index in [0.29, 0.717) is 12.5 Å². The van der Waals surface area contributed by atoms with Gasteiger partial charge in [0.1, 0.15) is 0 Å². The van der Waals surface area contributed by atoms with Crippen molar-refractivity contribution in [3.8, 4) is 0 Å².